The van der Waals surface area contributed by atoms with Crippen LogP contribution < -0.4 is 5.32 Å². The molecule has 3 aromatic rings. The zero-order valence-electron chi connectivity index (χ0n) is 18.8. The first kappa shape index (κ1) is 22.8. The zero-order chi connectivity index (χ0) is 23.7. The number of rotatable bonds is 7. The van der Waals surface area contributed by atoms with Crippen LogP contribution in [0, 0.1) is 0 Å². The molecular weight excluding hydrogens is 446 g/mol. The van der Waals surface area contributed by atoms with Gasteiger partial charge in [0, 0.05) is 30.6 Å². The number of nitrogens with one attached hydrogen (secondary N) is 2. The van der Waals surface area contributed by atoms with Crippen LogP contribution in [-0.4, -0.2) is 58.6 Å². The largest absolute Gasteiger partial charge is 0.392 e. The van der Waals surface area contributed by atoms with Crippen LogP contribution in [0.5, 0.6) is 0 Å². The molecule has 1 aromatic carbocycles. The van der Waals surface area contributed by atoms with Crippen molar-refractivity contribution in [1.29, 1.82) is 0 Å². The van der Waals surface area contributed by atoms with Crippen LogP contribution in [0.15, 0.2) is 42.2 Å². The number of allylic oxidation sites excluding steroid dienone is 1. The Labute approximate surface area is 195 Å². The van der Waals surface area contributed by atoms with Gasteiger partial charge in [-0.25, -0.2) is 0 Å². The third kappa shape index (κ3) is 4.80. The van der Waals surface area contributed by atoms with E-state index in [1.165, 1.54) is 0 Å². The second-order valence-corrected chi connectivity index (χ2v) is 9.12. The molecule has 5 rings (SSSR count). The number of benzene rings is 1. The maximum Gasteiger partial charge on any atom is 0.392 e. The summed E-state index contributed by atoms with van der Waals surface area (Å²) in [5.41, 5.74) is 5.05. The highest BCUT2D eigenvalue weighted by Gasteiger charge is 2.32. The van der Waals surface area contributed by atoms with Gasteiger partial charge in [-0.1, -0.05) is 11.6 Å². The first-order valence-electron chi connectivity index (χ1n) is 11.7. The smallest absolute Gasteiger partial charge is 0.378 e. The molecule has 0 unspecified atom stereocenters. The number of H-pyrrole nitrogens is 1. The minimum absolute atomic E-state index is 0.264. The molecule has 34 heavy (non-hydrogen) atoms. The molecule has 0 spiro atoms. The molecule has 9 heteroatoms. The fourth-order valence-electron chi connectivity index (χ4n) is 5.10. The van der Waals surface area contributed by atoms with Gasteiger partial charge in [0.05, 0.1) is 48.4 Å². The van der Waals surface area contributed by atoms with Gasteiger partial charge >= 0.3 is 6.18 Å². The molecule has 0 amide bonds. The summed E-state index contributed by atoms with van der Waals surface area (Å²) in [7, 11) is 0. The van der Waals surface area contributed by atoms with Crippen molar-refractivity contribution in [2.45, 2.75) is 44.3 Å². The second-order valence-electron chi connectivity index (χ2n) is 9.12. The molecule has 2 N–H and O–H groups in total. The van der Waals surface area contributed by atoms with E-state index < -0.39 is 12.6 Å². The highest BCUT2D eigenvalue weighted by atomic mass is 19.4. The molecule has 2 aromatic heterocycles. The van der Waals surface area contributed by atoms with E-state index in [0.29, 0.717) is 42.5 Å². The summed E-state index contributed by atoms with van der Waals surface area (Å²) in [4.78, 5) is 6.78. The minimum atomic E-state index is -4.29. The van der Waals surface area contributed by atoms with E-state index in [2.05, 4.69) is 25.4 Å². The summed E-state index contributed by atoms with van der Waals surface area (Å²) in [5.74, 6) is 0. The van der Waals surface area contributed by atoms with Crippen LogP contribution in [0.2, 0.25) is 0 Å². The fraction of sp³-hybridized carbons (Fsp3) is 0.440. The topological polar surface area (TPSA) is 56.8 Å². The van der Waals surface area contributed by atoms with Crippen molar-refractivity contribution in [2.24, 2.45) is 0 Å². The van der Waals surface area contributed by atoms with E-state index in [1.54, 1.807) is 12.4 Å². The minimum Gasteiger partial charge on any atom is -0.378 e. The lowest BCUT2D eigenvalue weighted by atomic mass is 9.91. The van der Waals surface area contributed by atoms with Crippen LogP contribution in [-0.2, 0) is 6.42 Å². The van der Waals surface area contributed by atoms with Gasteiger partial charge in [-0.05, 0) is 55.0 Å². The predicted molar refractivity (Wildman–Crippen MR) is 124 cm³/mol. The second kappa shape index (κ2) is 9.37. The summed E-state index contributed by atoms with van der Waals surface area (Å²) < 4.78 is 52.8. The molecule has 0 saturated carbocycles. The average molecular weight is 474 g/mol. The number of alkyl halides is 4. The van der Waals surface area contributed by atoms with E-state index >= 15 is 0 Å². The van der Waals surface area contributed by atoms with Crippen molar-refractivity contribution in [3.05, 3.63) is 59.1 Å². The number of anilines is 1. The predicted octanol–water partition coefficient (Wildman–Crippen LogP) is 5.50. The van der Waals surface area contributed by atoms with Crippen molar-refractivity contribution in [3.8, 4) is 0 Å². The summed E-state index contributed by atoms with van der Waals surface area (Å²) in [6.45, 7) is 2.14. The molecule has 0 radical (unpaired) electrons. The number of likely N-dealkylation sites (tertiary alicyclic amines) is 1. The Morgan fingerprint density at radius 3 is 2.68 bits per heavy atom. The molecule has 0 bridgehead atoms. The number of fused-ring (bicyclic) bond motifs is 3. The van der Waals surface area contributed by atoms with E-state index in [4.69, 9.17) is 0 Å². The molecule has 3 heterocycles. The Kier molecular flexibility index (Phi) is 6.29. The first-order chi connectivity index (χ1) is 16.4. The number of aromatic nitrogens is 3. The SMILES string of the molecule is FCCCN1CC(Nc2ccc(C3=C(CC(F)(F)F)CCCc4c3ccc3[nH]ncc43)nc2)C1. The van der Waals surface area contributed by atoms with Crippen molar-refractivity contribution < 1.29 is 17.6 Å². The van der Waals surface area contributed by atoms with Gasteiger partial charge in [0.2, 0.25) is 0 Å². The Bertz CT molecular complexity index is 1180. The highest BCUT2D eigenvalue weighted by Crippen LogP contribution is 2.41. The maximum atomic E-state index is 13.5. The molecule has 5 nitrogen and oxygen atoms in total. The lowest BCUT2D eigenvalue weighted by Gasteiger charge is -2.40. The third-order valence-electron chi connectivity index (χ3n) is 6.63. The van der Waals surface area contributed by atoms with Crippen LogP contribution in [0.4, 0.5) is 23.2 Å². The van der Waals surface area contributed by atoms with Crippen molar-refractivity contribution in [2.75, 3.05) is 31.6 Å². The molecule has 2 aliphatic rings. The maximum absolute atomic E-state index is 13.5. The summed E-state index contributed by atoms with van der Waals surface area (Å²) in [6.07, 6.45) is 0.472. The Morgan fingerprint density at radius 1 is 1.09 bits per heavy atom. The summed E-state index contributed by atoms with van der Waals surface area (Å²) >= 11 is 0. The highest BCUT2D eigenvalue weighted by molar-refractivity contribution is 5.92. The van der Waals surface area contributed by atoms with Crippen LogP contribution in [0.25, 0.3) is 16.5 Å². The van der Waals surface area contributed by atoms with Crippen LogP contribution >= 0.6 is 0 Å². The number of aryl methyl sites for hydroxylation is 1. The van der Waals surface area contributed by atoms with E-state index in [9.17, 15) is 17.6 Å². The van der Waals surface area contributed by atoms with Crippen LogP contribution in [0.1, 0.15) is 42.5 Å². The van der Waals surface area contributed by atoms with Gasteiger partial charge in [-0.2, -0.15) is 18.3 Å². The Hall–Kier alpha value is -2.94. The zero-order valence-corrected chi connectivity index (χ0v) is 18.8. The number of pyridine rings is 1. The van der Waals surface area contributed by atoms with E-state index in [0.717, 1.165) is 47.4 Å². The Balaban J connectivity index is 1.44. The molecule has 0 atom stereocenters. The lowest BCUT2D eigenvalue weighted by Crippen LogP contribution is -2.54. The van der Waals surface area contributed by atoms with Gasteiger partial charge in [0.1, 0.15) is 0 Å². The van der Waals surface area contributed by atoms with Gasteiger partial charge in [0.15, 0.2) is 0 Å². The monoisotopic (exact) mass is 473 g/mol. The first-order valence-corrected chi connectivity index (χ1v) is 11.7. The van der Waals surface area contributed by atoms with Crippen molar-refractivity contribution in [1.82, 2.24) is 20.1 Å². The third-order valence-corrected chi connectivity index (χ3v) is 6.63. The summed E-state index contributed by atoms with van der Waals surface area (Å²) in [6, 6.07) is 7.72. The molecular formula is C25H27F4N5. The number of hydrogen-bond donors (Lipinski definition) is 2. The summed E-state index contributed by atoms with van der Waals surface area (Å²) in [5, 5.41) is 11.4. The lowest BCUT2D eigenvalue weighted by molar-refractivity contribution is -0.127. The quantitative estimate of drug-likeness (QED) is 0.445. The number of hydrogen-bond acceptors (Lipinski definition) is 4. The average Bonchev–Trinajstić information content (AvgIpc) is 3.18. The Morgan fingerprint density at radius 2 is 1.94 bits per heavy atom. The van der Waals surface area contributed by atoms with Gasteiger partial charge in [0.25, 0.3) is 0 Å². The molecule has 1 fully saturated rings. The van der Waals surface area contributed by atoms with E-state index in [1.807, 2.05) is 24.3 Å². The van der Waals surface area contributed by atoms with Crippen LogP contribution in [0.3, 0.4) is 0 Å². The van der Waals surface area contributed by atoms with E-state index in [-0.39, 0.29) is 12.7 Å². The van der Waals surface area contributed by atoms with Gasteiger partial charge < -0.3 is 5.32 Å². The molecule has 1 saturated heterocycles. The normalized spacial score (nSPS) is 17.5. The van der Waals surface area contributed by atoms with Gasteiger partial charge in [-0.3, -0.25) is 19.4 Å². The van der Waals surface area contributed by atoms with Crippen molar-refractivity contribution >= 4 is 22.2 Å². The van der Waals surface area contributed by atoms with Gasteiger partial charge in [-0.15, -0.1) is 0 Å². The number of aromatic amines is 1. The molecule has 1 aliphatic heterocycles. The number of nitrogens with zero attached hydrogens (tertiary/aromatic N) is 3. The number of halogens is 4. The molecule has 180 valence electrons. The van der Waals surface area contributed by atoms with Crippen molar-refractivity contribution in [3.63, 3.8) is 0 Å². The standard InChI is InChI=1S/C25H27F4N5/c26-9-2-10-34-14-18(15-34)32-17-5-7-23(30-12-17)24-16(11-25(27,28)29)3-1-4-19-20(24)6-8-22-21(19)13-31-33-22/h5-8,12-13,18,32H,1-4,9-11,14-15H2,(H,31,33). The fourth-order valence-corrected chi connectivity index (χ4v) is 5.10. The molecule has 1 aliphatic carbocycles.